The van der Waals surface area contributed by atoms with Gasteiger partial charge in [-0.2, -0.15) is 0 Å². The fourth-order valence-corrected chi connectivity index (χ4v) is 1.66. The van der Waals surface area contributed by atoms with Crippen molar-refractivity contribution in [1.82, 2.24) is 0 Å². The standard InChI is InChI=1S/C16H16N2O2.2O.U/c19-15-7-3-1-5-13(15)11-17-9-10-18-12-14-6-2-4-8-16(14)20;;;/h1-8,11-12,19-20H,9-10H2;;;/q;;;+2/p+2. The van der Waals surface area contributed by atoms with Crippen molar-refractivity contribution in [1.29, 1.82) is 0 Å². The topological polar surface area (TPSA) is 105 Å². The van der Waals surface area contributed by atoms with Crippen LogP contribution in [0.15, 0.2) is 58.5 Å². The Labute approximate surface area is 148 Å². The molecule has 2 aromatic carbocycles. The summed E-state index contributed by atoms with van der Waals surface area (Å²) in [7, 11) is 0. The third kappa shape index (κ3) is 7.73. The van der Waals surface area contributed by atoms with Gasteiger partial charge >= 0.3 is 32.3 Å². The molecular formula is C16H18N2O4U+4. The van der Waals surface area contributed by atoms with Gasteiger partial charge in [0, 0.05) is 24.6 Å². The Morgan fingerprint density at radius 1 is 0.783 bits per heavy atom. The summed E-state index contributed by atoms with van der Waals surface area (Å²) in [4.78, 5) is 8.50. The van der Waals surface area contributed by atoms with Crippen LogP contribution in [0.5, 0.6) is 11.5 Å². The molecule has 23 heavy (non-hydrogen) atoms. The molecule has 116 valence electrons. The molecule has 4 N–H and O–H groups in total. The first-order valence-electron chi connectivity index (χ1n) is 6.79. The molecule has 2 rings (SSSR count). The van der Waals surface area contributed by atoms with Crippen molar-refractivity contribution in [3.05, 3.63) is 59.7 Å². The molecule has 0 heterocycles. The SMILES string of the molecule is [OH2+]c1ccccc1C=NCCN=Cc1ccccc1[OH2+].[O]=[U+2]=[O]. The number of aliphatic imine (C=N–C) groups is 2. The predicted octanol–water partition coefficient (Wildman–Crippen LogP) is 1.86. The van der Waals surface area contributed by atoms with E-state index in [1.54, 1.807) is 24.6 Å². The molecule has 0 saturated heterocycles. The van der Waals surface area contributed by atoms with Crippen LogP contribution in [0, 0.1) is 27.8 Å². The molecule has 0 saturated carbocycles. The molecular weight excluding hydrogens is 522 g/mol. The van der Waals surface area contributed by atoms with E-state index in [9.17, 15) is 0 Å². The number of rotatable bonds is 5. The first kappa shape index (κ1) is 19.1. The molecule has 0 unspecified atom stereocenters. The molecule has 0 radical (unpaired) electrons. The Morgan fingerprint density at radius 2 is 1.13 bits per heavy atom. The Balaban J connectivity index is 0.000000816. The van der Waals surface area contributed by atoms with Crippen molar-refractivity contribution in [3.8, 4) is 11.5 Å². The molecule has 2 aromatic rings. The van der Waals surface area contributed by atoms with Crippen molar-refractivity contribution in [2.24, 2.45) is 9.98 Å². The van der Waals surface area contributed by atoms with E-state index in [-0.39, 0.29) is 0 Å². The van der Waals surface area contributed by atoms with E-state index in [0.29, 0.717) is 24.6 Å². The summed E-state index contributed by atoms with van der Waals surface area (Å²) in [5, 5.41) is 15.4. The Hall–Kier alpha value is -1.97. The Morgan fingerprint density at radius 3 is 1.48 bits per heavy atom. The summed E-state index contributed by atoms with van der Waals surface area (Å²) < 4.78 is 17.2. The quantitative estimate of drug-likeness (QED) is 0.328. The Bertz CT molecular complexity index is 655. The van der Waals surface area contributed by atoms with Gasteiger partial charge in [0.1, 0.15) is 0 Å². The fourth-order valence-electron chi connectivity index (χ4n) is 1.66. The van der Waals surface area contributed by atoms with E-state index < -0.39 is 27.8 Å². The first-order chi connectivity index (χ1) is 11.2. The normalized spacial score (nSPS) is 10.3. The van der Waals surface area contributed by atoms with Gasteiger partial charge in [-0.1, -0.05) is 24.3 Å². The molecule has 0 aliphatic rings. The average Bonchev–Trinajstić information content (AvgIpc) is 2.55. The molecule has 0 spiro atoms. The zero-order chi connectivity index (χ0) is 16.9. The van der Waals surface area contributed by atoms with E-state index in [1.807, 2.05) is 36.4 Å². The van der Waals surface area contributed by atoms with E-state index in [4.69, 9.17) is 14.7 Å². The molecule has 0 atom stereocenters. The first-order valence-corrected chi connectivity index (χ1v) is 10.2. The third-order valence-corrected chi connectivity index (χ3v) is 2.74. The van der Waals surface area contributed by atoms with Gasteiger partial charge < -0.3 is 10.2 Å². The van der Waals surface area contributed by atoms with Crippen molar-refractivity contribution in [3.63, 3.8) is 0 Å². The van der Waals surface area contributed by atoms with Gasteiger partial charge in [0.15, 0.2) is 0 Å². The zero-order valence-corrected chi connectivity index (χ0v) is 16.6. The van der Waals surface area contributed by atoms with Crippen molar-refractivity contribution >= 4 is 12.4 Å². The van der Waals surface area contributed by atoms with Crippen LogP contribution in [0.4, 0.5) is 0 Å². The van der Waals surface area contributed by atoms with E-state index >= 15 is 0 Å². The van der Waals surface area contributed by atoms with Crippen molar-refractivity contribution in [2.45, 2.75) is 0 Å². The second-order valence-electron chi connectivity index (χ2n) is 4.33. The van der Waals surface area contributed by atoms with Crippen LogP contribution in [-0.2, 0) is 4.47 Å². The van der Waals surface area contributed by atoms with Crippen molar-refractivity contribution < 1.29 is 42.5 Å². The second kappa shape index (κ2) is 11.6. The molecule has 0 fully saturated rings. The molecule has 0 aliphatic carbocycles. The number of nitrogens with zero attached hydrogens (tertiary/aromatic N) is 2. The minimum atomic E-state index is -2.51. The monoisotopic (exact) mass is 540 g/mol. The fraction of sp³-hybridized carbons (Fsp3) is 0.125. The number of hydrogen-bond donors (Lipinski definition) is 0. The van der Waals surface area contributed by atoms with E-state index in [2.05, 4.69) is 9.98 Å². The van der Waals surface area contributed by atoms with Gasteiger partial charge in [0.2, 0.25) is 0 Å². The van der Waals surface area contributed by atoms with Crippen LogP contribution >= 0.6 is 0 Å². The molecule has 0 aromatic heterocycles. The van der Waals surface area contributed by atoms with Crippen LogP contribution < -0.4 is 0 Å². The van der Waals surface area contributed by atoms with Crippen LogP contribution in [0.2, 0.25) is 0 Å². The maximum absolute atomic E-state index is 8.58. The van der Waals surface area contributed by atoms with Crippen molar-refractivity contribution in [2.75, 3.05) is 13.1 Å². The van der Waals surface area contributed by atoms with Gasteiger partial charge in [-0.3, -0.25) is 9.98 Å². The van der Waals surface area contributed by atoms with Gasteiger partial charge in [0.05, 0.1) is 24.2 Å². The summed E-state index contributed by atoms with van der Waals surface area (Å²) in [5.41, 5.74) is 1.63. The van der Waals surface area contributed by atoms with E-state index in [0.717, 1.165) is 11.1 Å². The average molecular weight is 540 g/mol. The third-order valence-electron chi connectivity index (χ3n) is 2.74. The van der Waals surface area contributed by atoms with E-state index in [1.165, 1.54) is 0 Å². The zero-order valence-electron chi connectivity index (χ0n) is 12.4. The predicted molar refractivity (Wildman–Crippen MR) is 85.3 cm³/mol. The number of benzene rings is 2. The van der Waals surface area contributed by atoms with Crippen LogP contribution in [0.25, 0.3) is 0 Å². The minimum absolute atomic E-state index is 0.475. The second-order valence-corrected chi connectivity index (χ2v) is 5.02. The summed E-state index contributed by atoms with van der Waals surface area (Å²) in [6.07, 6.45) is 3.41. The number of para-hydroxylation sites is 2. The summed E-state index contributed by atoms with van der Waals surface area (Å²) in [5.74, 6) is 0.950. The molecule has 6 nitrogen and oxygen atoms in total. The van der Waals surface area contributed by atoms with Crippen LogP contribution in [0.3, 0.4) is 0 Å². The van der Waals surface area contributed by atoms with Crippen LogP contribution in [0.1, 0.15) is 11.1 Å². The summed E-state index contributed by atoms with van der Waals surface area (Å²) in [6, 6.07) is 14.7. The summed E-state index contributed by atoms with van der Waals surface area (Å²) >= 11 is -2.51. The Kier molecular flexibility index (Phi) is 9.61. The number of hydrogen-bond acceptors (Lipinski definition) is 4. The van der Waals surface area contributed by atoms with Gasteiger partial charge in [-0.25, -0.2) is 0 Å². The van der Waals surface area contributed by atoms with Gasteiger partial charge in [-0.05, 0) is 12.1 Å². The maximum atomic E-state index is 8.58. The summed E-state index contributed by atoms with van der Waals surface area (Å²) in [6.45, 7) is 1.15. The molecule has 0 aliphatic heterocycles. The molecule has 0 bridgehead atoms. The molecule has 0 amide bonds. The van der Waals surface area contributed by atoms with Gasteiger partial charge in [-0.15, -0.1) is 0 Å². The van der Waals surface area contributed by atoms with Crippen LogP contribution in [-0.4, -0.2) is 35.7 Å². The van der Waals surface area contributed by atoms with Gasteiger partial charge in [0.25, 0.3) is 11.5 Å². The molecule has 7 heteroatoms.